The van der Waals surface area contributed by atoms with Gasteiger partial charge in [0.2, 0.25) is 0 Å². The van der Waals surface area contributed by atoms with Crippen LogP contribution in [0.2, 0.25) is 0 Å². The van der Waals surface area contributed by atoms with E-state index in [1.165, 1.54) is 0 Å². The van der Waals surface area contributed by atoms with Crippen LogP contribution in [0.4, 0.5) is 0 Å². The molecule has 0 aliphatic rings. The number of amidine groups is 1. The lowest BCUT2D eigenvalue weighted by Crippen LogP contribution is -2.20. The maximum absolute atomic E-state index is 8.55. The third-order valence-electron chi connectivity index (χ3n) is 2.60. The molecule has 7 heteroatoms. The largest absolute Gasteiger partial charge is 0.492 e. The van der Waals surface area contributed by atoms with Gasteiger partial charge in [0.1, 0.15) is 18.1 Å². The number of hydrogen-bond acceptors (Lipinski definition) is 6. The van der Waals surface area contributed by atoms with Crippen molar-refractivity contribution in [2.75, 3.05) is 13.2 Å². The normalized spacial score (nSPS) is 11.5. The fraction of sp³-hybridized carbons (Fsp3) is 0.231. The molecule has 0 spiro atoms. The minimum absolute atomic E-state index is 0.0743. The molecule has 106 valence electrons. The summed E-state index contributed by atoms with van der Waals surface area (Å²) in [5, 5.41) is 18.3. The number of nitrogens with zero attached hydrogens (tertiary/aromatic N) is 2. The molecule has 0 amide bonds. The van der Waals surface area contributed by atoms with Gasteiger partial charge in [-0.1, -0.05) is 10.3 Å². The number of nitrogens with one attached hydrogen (secondary N) is 1. The topological polar surface area (TPSA) is 106 Å². The fourth-order valence-corrected chi connectivity index (χ4v) is 1.57. The number of aromatic nitrogens is 1. The van der Waals surface area contributed by atoms with Gasteiger partial charge in [-0.2, -0.15) is 0 Å². The van der Waals surface area contributed by atoms with Crippen molar-refractivity contribution in [3.05, 3.63) is 47.9 Å². The summed E-state index contributed by atoms with van der Waals surface area (Å²) in [4.78, 5) is 0. The van der Waals surface area contributed by atoms with Crippen LogP contribution in [0, 0.1) is 0 Å². The van der Waals surface area contributed by atoms with Crippen molar-refractivity contribution in [1.29, 1.82) is 0 Å². The number of hydrogen-bond donors (Lipinski definition) is 3. The molecule has 0 unspecified atom stereocenters. The number of ether oxygens (including phenoxy) is 1. The molecule has 7 nitrogen and oxygen atoms in total. The van der Waals surface area contributed by atoms with Crippen LogP contribution in [0.5, 0.6) is 5.75 Å². The second-order valence-corrected chi connectivity index (χ2v) is 4.01. The Kier molecular flexibility index (Phi) is 4.96. The van der Waals surface area contributed by atoms with Crippen LogP contribution in [-0.4, -0.2) is 29.4 Å². The smallest absolute Gasteiger partial charge is 0.170 e. The van der Waals surface area contributed by atoms with Gasteiger partial charge in [-0.3, -0.25) is 0 Å². The van der Waals surface area contributed by atoms with Crippen LogP contribution in [0.25, 0.3) is 0 Å². The van der Waals surface area contributed by atoms with E-state index in [0.717, 1.165) is 11.5 Å². The zero-order valence-corrected chi connectivity index (χ0v) is 10.8. The summed E-state index contributed by atoms with van der Waals surface area (Å²) in [5.41, 5.74) is 6.11. The Hall–Kier alpha value is -2.54. The van der Waals surface area contributed by atoms with E-state index in [0.29, 0.717) is 25.3 Å². The zero-order valence-electron chi connectivity index (χ0n) is 10.8. The summed E-state index contributed by atoms with van der Waals surface area (Å²) < 4.78 is 10.5. The molecule has 2 aromatic rings. The lowest BCUT2D eigenvalue weighted by atomic mass is 10.2. The lowest BCUT2D eigenvalue weighted by molar-refractivity contribution is 0.306. The molecular formula is C13H16N4O3. The summed E-state index contributed by atoms with van der Waals surface area (Å²) in [6, 6.07) is 8.80. The van der Waals surface area contributed by atoms with Crippen molar-refractivity contribution >= 4 is 5.84 Å². The molecule has 0 fully saturated rings. The summed E-state index contributed by atoms with van der Waals surface area (Å²) in [6.07, 6.45) is 1.61. The molecular weight excluding hydrogens is 260 g/mol. The Morgan fingerprint density at radius 2 is 2.15 bits per heavy atom. The summed E-state index contributed by atoms with van der Waals surface area (Å²) >= 11 is 0. The third kappa shape index (κ3) is 3.99. The fourth-order valence-electron chi connectivity index (χ4n) is 1.57. The Morgan fingerprint density at radius 3 is 2.80 bits per heavy atom. The number of benzene rings is 1. The molecule has 0 aliphatic heterocycles. The standard InChI is InChI=1S/C13H16N4O3/c14-13(17-18)10-1-3-11(4-2-10)19-8-7-15-9-12-5-6-16-20-12/h1-6,15,18H,7-9H2,(H2,14,17). The maximum Gasteiger partial charge on any atom is 0.170 e. The molecule has 0 atom stereocenters. The molecule has 0 saturated heterocycles. The molecule has 20 heavy (non-hydrogen) atoms. The van der Waals surface area contributed by atoms with Gasteiger partial charge >= 0.3 is 0 Å². The van der Waals surface area contributed by atoms with E-state index in [1.807, 2.05) is 0 Å². The average molecular weight is 276 g/mol. The molecule has 0 saturated carbocycles. The Bertz CT molecular complexity index is 537. The van der Waals surface area contributed by atoms with E-state index in [1.54, 1.807) is 36.5 Å². The molecule has 1 heterocycles. The van der Waals surface area contributed by atoms with E-state index >= 15 is 0 Å². The lowest BCUT2D eigenvalue weighted by Gasteiger charge is -2.07. The molecule has 0 aliphatic carbocycles. The second-order valence-electron chi connectivity index (χ2n) is 4.01. The van der Waals surface area contributed by atoms with Crippen LogP contribution < -0.4 is 15.8 Å². The van der Waals surface area contributed by atoms with E-state index < -0.39 is 0 Å². The first-order valence-electron chi connectivity index (χ1n) is 6.10. The van der Waals surface area contributed by atoms with Crippen molar-refractivity contribution in [3.8, 4) is 5.75 Å². The van der Waals surface area contributed by atoms with E-state index in [9.17, 15) is 0 Å². The molecule has 1 aromatic heterocycles. The first-order chi connectivity index (χ1) is 9.79. The van der Waals surface area contributed by atoms with E-state index in [2.05, 4.69) is 15.6 Å². The highest BCUT2D eigenvalue weighted by Crippen LogP contribution is 2.11. The number of rotatable bonds is 7. The van der Waals surface area contributed by atoms with Crippen molar-refractivity contribution in [2.45, 2.75) is 6.54 Å². The van der Waals surface area contributed by atoms with E-state index in [-0.39, 0.29) is 5.84 Å². The van der Waals surface area contributed by atoms with Crippen LogP contribution >= 0.6 is 0 Å². The van der Waals surface area contributed by atoms with Gasteiger partial charge in [0.05, 0.1) is 12.7 Å². The predicted octanol–water partition coefficient (Wildman–Crippen LogP) is 0.938. The monoisotopic (exact) mass is 276 g/mol. The van der Waals surface area contributed by atoms with Gasteiger partial charge in [0.15, 0.2) is 5.84 Å². The maximum atomic E-state index is 8.55. The minimum Gasteiger partial charge on any atom is -0.492 e. The Morgan fingerprint density at radius 1 is 1.35 bits per heavy atom. The van der Waals surface area contributed by atoms with Gasteiger partial charge in [-0.15, -0.1) is 0 Å². The highest BCUT2D eigenvalue weighted by molar-refractivity contribution is 5.97. The Labute approximate surface area is 116 Å². The quantitative estimate of drug-likeness (QED) is 0.228. The van der Waals surface area contributed by atoms with Crippen LogP contribution in [-0.2, 0) is 6.54 Å². The highest BCUT2D eigenvalue weighted by atomic mass is 16.5. The van der Waals surface area contributed by atoms with Crippen molar-refractivity contribution < 1.29 is 14.5 Å². The van der Waals surface area contributed by atoms with Gasteiger partial charge in [0.25, 0.3) is 0 Å². The third-order valence-corrected chi connectivity index (χ3v) is 2.60. The van der Waals surface area contributed by atoms with Crippen LogP contribution in [0.3, 0.4) is 0 Å². The molecule has 1 aromatic carbocycles. The molecule has 2 rings (SSSR count). The summed E-state index contributed by atoms with van der Waals surface area (Å²) in [5.74, 6) is 1.58. The molecule has 0 bridgehead atoms. The molecule has 0 radical (unpaired) electrons. The summed E-state index contributed by atoms with van der Waals surface area (Å²) in [7, 11) is 0. The van der Waals surface area contributed by atoms with Gasteiger partial charge in [-0.25, -0.2) is 0 Å². The second kappa shape index (κ2) is 7.15. The first kappa shape index (κ1) is 13.9. The van der Waals surface area contributed by atoms with E-state index in [4.69, 9.17) is 20.2 Å². The Balaban J connectivity index is 1.69. The van der Waals surface area contributed by atoms with Gasteiger partial charge < -0.3 is 25.5 Å². The SMILES string of the molecule is N/C(=N/O)c1ccc(OCCNCc2ccno2)cc1. The van der Waals surface area contributed by atoms with Crippen LogP contribution in [0.1, 0.15) is 11.3 Å². The summed E-state index contributed by atoms with van der Waals surface area (Å²) in [6.45, 7) is 1.82. The number of oxime groups is 1. The highest BCUT2D eigenvalue weighted by Gasteiger charge is 2.00. The van der Waals surface area contributed by atoms with Crippen molar-refractivity contribution in [1.82, 2.24) is 10.5 Å². The first-order valence-corrected chi connectivity index (χ1v) is 6.10. The van der Waals surface area contributed by atoms with Crippen molar-refractivity contribution in [2.24, 2.45) is 10.9 Å². The van der Waals surface area contributed by atoms with Gasteiger partial charge in [0, 0.05) is 18.2 Å². The minimum atomic E-state index is 0.0743. The van der Waals surface area contributed by atoms with Gasteiger partial charge in [-0.05, 0) is 24.3 Å². The van der Waals surface area contributed by atoms with Crippen molar-refractivity contribution in [3.63, 3.8) is 0 Å². The molecule has 4 N–H and O–H groups in total. The number of nitrogens with two attached hydrogens (primary N) is 1. The average Bonchev–Trinajstić information content (AvgIpc) is 3.00. The zero-order chi connectivity index (χ0) is 14.2. The van der Waals surface area contributed by atoms with Crippen LogP contribution in [0.15, 0.2) is 46.2 Å². The predicted molar refractivity (Wildman–Crippen MR) is 72.7 cm³/mol.